The smallest absolute Gasteiger partial charge is 0.313 e. The third-order valence-corrected chi connectivity index (χ3v) is 3.77. The molecule has 0 aliphatic rings. The van der Waals surface area contributed by atoms with Gasteiger partial charge in [0.05, 0.1) is 14.2 Å². The Balaban J connectivity index is 1.63. The molecule has 0 spiro atoms. The number of ether oxygens (including phenoxy) is 2. The van der Waals surface area contributed by atoms with Gasteiger partial charge in [0.1, 0.15) is 0 Å². The molecule has 0 saturated heterocycles. The van der Waals surface area contributed by atoms with Crippen LogP contribution in [-0.4, -0.2) is 30.3 Å². The van der Waals surface area contributed by atoms with Crippen LogP contribution in [0.5, 0.6) is 11.5 Å². The van der Waals surface area contributed by atoms with Crippen molar-refractivity contribution in [2.45, 2.75) is 12.8 Å². The first-order valence-electron chi connectivity index (χ1n) is 8.09. The normalized spacial score (nSPS) is 10.4. The molecule has 1 N–H and O–H groups in total. The zero-order valence-corrected chi connectivity index (χ0v) is 14.6. The average Bonchev–Trinajstić information content (AvgIpc) is 3.16. The summed E-state index contributed by atoms with van der Waals surface area (Å²) in [6, 6.07) is 15.0. The molecule has 0 bridgehead atoms. The Morgan fingerprint density at radius 2 is 1.77 bits per heavy atom. The first kappa shape index (κ1) is 17.5. The molecule has 0 radical (unpaired) electrons. The number of hydrogen-bond acceptors (Lipinski definition) is 6. The van der Waals surface area contributed by atoms with Crippen molar-refractivity contribution in [1.82, 2.24) is 10.2 Å². The van der Waals surface area contributed by atoms with Crippen LogP contribution >= 0.6 is 0 Å². The summed E-state index contributed by atoms with van der Waals surface area (Å²) in [4.78, 5) is 12.3. The van der Waals surface area contributed by atoms with Gasteiger partial charge in [0.25, 0.3) is 0 Å². The van der Waals surface area contributed by atoms with Crippen LogP contribution in [0.1, 0.15) is 22.1 Å². The van der Waals surface area contributed by atoms with E-state index >= 15 is 0 Å². The quantitative estimate of drug-likeness (QED) is 0.702. The third kappa shape index (κ3) is 4.18. The van der Waals surface area contributed by atoms with Crippen LogP contribution in [0.4, 0.5) is 5.69 Å². The minimum atomic E-state index is -0.476. The maximum atomic E-state index is 12.3. The molecule has 1 aromatic heterocycles. The molecule has 0 atom stereocenters. The van der Waals surface area contributed by atoms with Gasteiger partial charge in [0.15, 0.2) is 11.5 Å². The number of rotatable bonds is 7. The van der Waals surface area contributed by atoms with Crippen molar-refractivity contribution in [3.8, 4) is 11.5 Å². The molecule has 3 aromatic rings. The van der Waals surface area contributed by atoms with Crippen LogP contribution < -0.4 is 14.8 Å². The van der Waals surface area contributed by atoms with Crippen LogP contribution in [-0.2, 0) is 12.8 Å². The molecule has 1 heterocycles. The molecular formula is C19H19N3O4. The lowest BCUT2D eigenvalue weighted by molar-refractivity contribution is 0.0988. The number of nitrogens with one attached hydrogen (secondary N) is 1. The molecule has 0 aliphatic heterocycles. The van der Waals surface area contributed by atoms with E-state index in [2.05, 4.69) is 15.5 Å². The summed E-state index contributed by atoms with van der Waals surface area (Å²) in [5.41, 5.74) is 1.71. The predicted molar refractivity (Wildman–Crippen MR) is 95.6 cm³/mol. The minimum absolute atomic E-state index is 0.0807. The molecule has 134 valence electrons. The molecule has 3 rings (SSSR count). The number of aryl methyl sites for hydroxylation is 2. The van der Waals surface area contributed by atoms with E-state index in [1.54, 1.807) is 25.3 Å². The summed E-state index contributed by atoms with van der Waals surface area (Å²) in [7, 11) is 3.08. The monoisotopic (exact) mass is 353 g/mol. The minimum Gasteiger partial charge on any atom is -0.493 e. The highest BCUT2D eigenvalue weighted by molar-refractivity contribution is 6.00. The van der Waals surface area contributed by atoms with Gasteiger partial charge in [-0.25, -0.2) is 0 Å². The van der Waals surface area contributed by atoms with Crippen LogP contribution in [0, 0.1) is 0 Å². The van der Waals surface area contributed by atoms with Crippen molar-refractivity contribution in [1.29, 1.82) is 0 Å². The van der Waals surface area contributed by atoms with E-state index < -0.39 is 5.91 Å². The molecule has 0 fully saturated rings. The van der Waals surface area contributed by atoms with Gasteiger partial charge in [-0.05, 0) is 24.1 Å². The summed E-state index contributed by atoms with van der Waals surface area (Å²) in [5, 5.41) is 10.4. The lowest BCUT2D eigenvalue weighted by Gasteiger charge is -2.09. The van der Waals surface area contributed by atoms with Gasteiger partial charge in [-0.15, -0.1) is 10.2 Å². The van der Waals surface area contributed by atoms with Crippen LogP contribution in [0.3, 0.4) is 0 Å². The van der Waals surface area contributed by atoms with Gasteiger partial charge in [0.2, 0.25) is 5.89 Å². The largest absolute Gasteiger partial charge is 0.493 e. The molecule has 7 heteroatoms. The second-order valence-corrected chi connectivity index (χ2v) is 5.51. The highest BCUT2D eigenvalue weighted by Gasteiger charge is 2.16. The second-order valence-electron chi connectivity index (χ2n) is 5.51. The fourth-order valence-corrected chi connectivity index (χ4v) is 2.44. The second kappa shape index (κ2) is 8.15. The highest BCUT2D eigenvalue weighted by atomic mass is 16.5. The average molecular weight is 353 g/mol. The van der Waals surface area contributed by atoms with Gasteiger partial charge >= 0.3 is 11.8 Å². The summed E-state index contributed by atoms with van der Waals surface area (Å²) >= 11 is 0. The maximum absolute atomic E-state index is 12.3. The Morgan fingerprint density at radius 3 is 2.50 bits per heavy atom. The fraction of sp³-hybridized carbons (Fsp3) is 0.211. The zero-order valence-electron chi connectivity index (χ0n) is 14.6. The van der Waals surface area contributed by atoms with Gasteiger partial charge in [-0.2, -0.15) is 0 Å². The van der Waals surface area contributed by atoms with E-state index in [1.807, 2.05) is 30.3 Å². The lowest BCUT2D eigenvalue weighted by Crippen LogP contribution is -2.12. The highest BCUT2D eigenvalue weighted by Crippen LogP contribution is 2.29. The Labute approximate surface area is 151 Å². The van der Waals surface area contributed by atoms with E-state index in [9.17, 15) is 4.79 Å². The zero-order chi connectivity index (χ0) is 18.4. The molecule has 26 heavy (non-hydrogen) atoms. The SMILES string of the molecule is COc1ccc(NC(=O)c2nnc(CCc3ccccc3)o2)cc1OC. The summed E-state index contributed by atoms with van der Waals surface area (Å²) in [6.07, 6.45) is 1.33. The summed E-state index contributed by atoms with van der Waals surface area (Å²) < 4.78 is 15.8. The van der Waals surface area contributed by atoms with E-state index in [0.717, 1.165) is 6.42 Å². The van der Waals surface area contributed by atoms with E-state index in [1.165, 1.54) is 12.7 Å². The number of aromatic nitrogens is 2. The standard InChI is InChI=1S/C19H19N3O4/c1-24-15-10-9-14(12-16(15)25-2)20-18(23)19-22-21-17(26-19)11-8-13-6-4-3-5-7-13/h3-7,9-10,12H,8,11H2,1-2H3,(H,20,23). The number of anilines is 1. The van der Waals surface area contributed by atoms with E-state index in [4.69, 9.17) is 13.9 Å². The van der Waals surface area contributed by atoms with Crippen molar-refractivity contribution in [2.75, 3.05) is 19.5 Å². The van der Waals surface area contributed by atoms with Crippen LogP contribution in [0.15, 0.2) is 52.9 Å². The lowest BCUT2D eigenvalue weighted by atomic mass is 10.1. The Morgan fingerprint density at radius 1 is 1.00 bits per heavy atom. The number of hydrogen-bond donors (Lipinski definition) is 1. The van der Waals surface area contributed by atoms with E-state index in [0.29, 0.717) is 29.5 Å². The number of nitrogens with zero attached hydrogens (tertiary/aromatic N) is 2. The van der Waals surface area contributed by atoms with Crippen molar-refractivity contribution in [3.05, 3.63) is 65.9 Å². The number of carbonyl (C=O) groups excluding carboxylic acids is 1. The molecule has 0 unspecified atom stereocenters. The summed E-state index contributed by atoms with van der Waals surface area (Å²) in [6.45, 7) is 0. The molecular weight excluding hydrogens is 334 g/mol. The third-order valence-electron chi connectivity index (χ3n) is 3.77. The van der Waals surface area contributed by atoms with Crippen molar-refractivity contribution in [2.24, 2.45) is 0 Å². The van der Waals surface area contributed by atoms with Crippen LogP contribution in [0.25, 0.3) is 0 Å². The molecule has 0 saturated carbocycles. The van der Waals surface area contributed by atoms with Crippen molar-refractivity contribution in [3.63, 3.8) is 0 Å². The first-order chi connectivity index (χ1) is 12.7. The van der Waals surface area contributed by atoms with Gasteiger partial charge in [0, 0.05) is 18.2 Å². The molecule has 2 aromatic carbocycles. The van der Waals surface area contributed by atoms with Crippen molar-refractivity contribution < 1.29 is 18.7 Å². The van der Waals surface area contributed by atoms with Crippen LogP contribution in [0.2, 0.25) is 0 Å². The molecule has 0 aliphatic carbocycles. The Hall–Kier alpha value is -3.35. The Bertz CT molecular complexity index is 878. The first-order valence-corrected chi connectivity index (χ1v) is 8.09. The van der Waals surface area contributed by atoms with Gasteiger partial charge in [-0.1, -0.05) is 30.3 Å². The number of amides is 1. The maximum Gasteiger partial charge on any atom is 0.313 e. The predicted octanol–water partition coefficient (Wildman–Crippen LogP) is 3.12. The Kier molecular flexibility index (Phi) is 5.48. The number of benzene rings is 2. The molecule has 1 amide bonds. The topological polar surface area (TPSA) is 86.5 Å². The molecule has 7 nitrogen and oxygen atoms in total. The fourth-order valence-electron chi connectivity index (χ4n) is 2.44. The number of carbonyl (C=O) groups is 1. The van der Waals surface area contributed by atoms with Gasteiger partial charge in [-0.3, -0.25) is 4.79 Å². The van der Waals surface area contributed by atoms with Gasteiger partial charge < -0.3 is 19.2 Å². The van der Waals surface area contributed by atoms with E-state index in [-0.39, 0.29) is 5.89 Å². The summed E-state index contributed by atoms with van der Waals surface area (Å²) in [5.74, 6) is 0.954. The van der Waals surface area contributed by atoms with Crippen molar-refractivity contribution >= 4 is 11.6 Å². The number of methoxy groups -OCH3 is 2.